The van der Waals surface area contributed by atoms with Gasteiger partial charge >= 0.3 is 12.1 Å². The van der Waals surface area contributed by atoms with Gasteiger partial charge in [-0.25, -0.2) is 0 Å². The highest BCUT2D eigenvalue weighted by Crippen LogP contribution is 2.24. The number of anilines is 1. The zero-order valence-corrected chi connectivity index (χ0v) is 12.1. The number of fused-ring (bicyclic) bond motifs is 1. The van der Waals surface area contributed by atoms with Crippen LogP contribution in [0.25, 0.3) is 0 Å². The van der Waals surface area contributed by atoms with Crippen LogP contribution in [0.15, 0.2) is 18.2 Å². The van der Waals surface area contributed by atoms with Gasteiger partial charge in [0.05, 0.1) is 0 Å². The van der Waals surface area contributed by atoms with Crippen molar-refractivity contribution in [3.8, 4) is 0 Å². The van der Waals surface area contributed by atoms with Gasteiger partial charge in [-0.05, 0) is 42.0 Å². The summed E-state index contributed by atoms with van der Waals surface area (Å²) in [6.45, 7) is 4.98. The van der Waals surface area contributed by atoms with E-state index in [0.717, 1.165) is 24.0 Å². The number of alkyl halides is 3. The van der Waals surface area contributed by atoms with Crippen LogP contribution in [0.5, 0.6) is 0 Å². The van der Waals surface area contributed by atoms with Crippen molar-refractivity contribution < 1.29 is 18.0 Å². The van der Waals surface area contributed by atoms with E-state index in [-0.39, 0.29) is 5.69 Å². The van der Waals surface area contributed by atoms with Gasteiger partial charge < -0.3 is 10.6 Å². The van der Waals surface area contributed by atoms with E-state index in [1.807, 2.05) is 5.32 Å². The summed E-state index contributed by atoms with van der Waals surface area (Å²) in [5.74, 6) is -1.43. The number of aryl methyl sites for hydroxylation is 1. The number of nitrogens with one attached hydrogen (secondary N) is 2. The van der Waals surface area contributed by atoms with Crippen molar-refractivity contribution >= 4 is 11.6 Å². The number of carbonyl (C=O) groups excluding carboxylic acids is 1. The average molecular weight is 300 g/mol. The Morgan fingerprint density at radius 3 is 2.67 bits per heavy atom. The fourth-order valence-corrected chi connectivity index (χ4v) is 2.53. The first-order chi connectivity index (χ1) is 9.77. The summed E-state index contributed by atoms with van der Waals surface area (Å²) in [5.41, 5.74) is 2.26. The molecule has 1 aliphatic rings. The lowest BCUT2D eigenvalue weighted by atomic mass is 9.97. The topological polar surface area (TPSA) is 41.1 Å². The predicted molar refractivity (Wildman–Crippen MR) is 74.9 cm³/mol. The van der Waals surface area contributed by atoms with E-state index in [9.17, 15) is 18.0 Å². The fraction of sp³-hybridized carbons (Fsp3) is 0.533. The van der Waals surface area contributed by atoms with Gasteiger partial charge in [0, 0.05) is 18.3 Å². The summed E-state index contributed by atoms with van der Waals surface area (Å²) in [5, 5.41) is 5.36. The molecule has 0 saturated heterocycles. The number of rotatable bonds is 2. The first-order valence-corrected chi connectivity index (χ1v) is 7.00. The Labute approximate surface area is 121 Å². The van der Waals surface area contributed by atoms with Crippen LogP contribution in [0.4, 0.5) is 18.9 Å². The Balaban J connectivity index is 2.12. The second kappa shape index (κ2) is 6.05. The minimum absolute atomic E-state index is 0.194. The van der Waals surface area contributed by atoms with Gasteiger partial charge in [0.2, 0.25) is 0 Å². The highest BCUT2D eigenvalue weighted by atomic mass is 19.4. The molecular weight excluding hydrogens is 281 g/mol. The molecule has 0 spiro atoms. The summed E-state index contributed by atoms with van der Waals surface area (Å²) in [7, 11) is 0. The normalized spacial score (nSPS) is 19.0. The van der Waals surface area contributed by atoms with E-state index in [1.165, 1.54) is 6.07 Å². The Morgan fingerprint density at radius 2 is 2.05 bits per heavy atom. The van der Waals surface area contributed by atoms with Crippen LogP contribution in [-0.2, 0) is 17.8 Å². The molecule has 0 aliphatic carbocycles. The highest BCUT2D eigenvalue weighted by molar-refractivity contribution is 5.95. The molecule has 0 bridgehead atoms. The van der Waals surface area contributed by atoms with Crippen LogP contribution in [0, 0.1) is 5.92 Å². The standard InChI is InChI=1S/C15H19F3N2O/c1-9(2)13-6-4-10-7-12(5-3-11(10)8-19-13)20-14(21)15(16,17)18/h3,5,7,9,13,19H,4,6,8H2,1-2H3,(H,20,21). The Kier molecular flexibility index (Phi) is 4.56. The van der Waals surface area contributed by atoms with Gasteiger partial charge in [0.25, 0.3) is 0 Å². The van der Waals surface area contributed by atoms with Crippen LogP contribution < -0.4 is 10.6 Å². The van der Waals surface area contributed by atoms with Gasteiger partial charge in [-0.2, -0.15) is 13.2 Å². The fourth-order valence-electron chi connectivity index (χ4n) is 2.53. The first kappa shape index (κ1) is 15.8. The van der Waals surface area contributed by atoms with Gasteiger partial charge in [-0.3, -0.25) is 4.79 Å². The Hall–Kier alpha value is -1.56. The lowest BCUT2D eigenvalue weighted by Crippen LogP contribution is -2.32. The maximum absolute atomic E-state index is 12.3. The lowest BCUT2D eigenvalue weighted by Gasteiger charge is -2.19. The second-order valence-electron chi connectivity index (χ2n) is 5.71. The van der Waals surface area contributed by atoms with Crippen molar-refractivity contribution in [2.75, 3.05) is 5.32 Å². The molecule has 1 aromatic carbocycles. The highest BCUT2D eigenvalue weighted by Gasteiger charge is 2.38. The van der Waals surface area contributed by atoms with Gasteiger partial charge in [-0.1, -0.05) is 19.9 Å². The van der Waals surface area contributed by atoms with Crippen molar-refractivity contribution in [1.29, 1.82) is 0 Å². The molecule has 6 heteroatoms. The van der Waals surface area contributed by atoms with Crippen LogP contribution in [0.1, 0.15) is 31.4 Å². The number of hydrogen-bond donors (Lipinski definition) is 2. The van der Waals surface area contributed by atoms with Crippen molar-refractivity contribution in [3.63, 3.8) is 0 Å². The molecule has 0 saturated carbocycles. The second-order valence-corrected chi connectivity index (χ2v) is 5.71. The summed E-state index contributed by atoms with van der Waals surface area (Å²) in [6, 6.07) is 5.32. The number of hydrogen-bond acceptors (Lipinski definition) is 2. The largest absolute Gasteiger partial charge is 0.471 e. The number of halogens is 3. The number of carbonyl (C=O) groups is 1. The van der Waals surface area contributed by atoms with E-state index < -0.39 is 12.1 Å². The zero-order valence-electron chi connectivity index (χ0n) is 12.1. The van der Waals surface area contributed by atoms with Gasteiger partial charge in [0.1, 0.15) is 0 Å². The molecule has 0 radical (unpaired) electrons. The maximum Gasteiger partial charge on any atom is 0.471 e. The van der Waals surface area contributed by atoms with E-state index in [4.69, 9.17) is 0 Å². The van der Waals surface area contributed by atoms with E-state index in [1.54, 1.807) is 12.1 Å². The Bertz CT molecular complexity index is 526. The van der Waals surface area contributed by atoms with Crippen LogP contribution >= 0.6 is 0 Å². The molecule has 3 nitrogen and oxygen atoms in total. The SMILES string of the molecule is CC(C)C1CCc2cc(NC(=O)C(F)(F)F)ccc2CN1. The molecule has 21 heavy (non-hydrogen) atoms. The van der Waals surface area contributed by atoms with Crippen molar-refractivity contribution in [2.45, 2.75) is 45.5 Å². The molecule has 1 atom stereocenters. The minimum atomic E-state index is -4.86. The molecule has 1 heterocycles. The van der Waals surface area contributed by atoms with Crippen molar-refractivity contribution in [3.05, 3.63) is 29.3 Å². The smallest absolute Gasteiger partial charge is 0.318 e. The van der Waals surface area contributed by atoms with E-state index >= 15 is 0 Å². The molecule has 0 fully saturated rings. The molecule has 116 valence electrons. The molecule has 1 aromatic rings. The van der Waals surface area contributed by atoms with E-state index in [0.29, 0.717) is 18.5 Å². The first-order valence-electron chi connectivity index (χ1n) is 7.00. The molecule has 0 aromatic heterocycles. The minimum Gasteiger partial charge on any atom is -0.318 e. The van der Waals surface area contributed by atoms with Crippen molar-refractivity contribution in [2.24, 2.45) is 5.92 Å². The molecule has 2 rings (SSSR count). The van der Waals surface area contributed by atoms with Crippen LogP contribution in [0.3, 0.4) is 0 Å². The van der Waals surface area contributed by atoms with Crippen LogP contribution in [-0.4, -0.2) is 18.1 Å². The molecule has 1 aliphatic heterocycles. The average Bonchev–Trinajstić information content (AvgIpc) is 2.59. The quantitative estimate of drug-likeness (QED) is 0.880. The predicted octanol–water partition coefficient (Wildman–Crippen LogP) is 3.25. The molecular formula is C15H19F3N2O. The Morgan fingerprint density at radius 1 is 1.33 bits per heavy atom. The molecule has 1 amide bonds. The van der Waals surface area contributed by atoms with Gasteiger partial charge in [0.15, 0.2) is 0 Å². The molecule has 1 unspecified atom stereocenters. The number of benzene rings is 1. The van der Waals surface area contributed by atoms with E-state index in [2.05, 4.69) is 19.2 Å². The number of amides is 1. The zero-order chi connectivity index (χ0) is 15.6. The maximum atomic E-state index is 12.3. The summed E-state index contributed by atoms with van der Waals surface area (Å²) in [4.78, 5) is 11.0. The van der Waals surface area contributed by atoms with Crippen molar-refractivity contribution in [1.82, 2.24) is 5.32 Å². The summed E-state index contributed by atoms with van der Waals surface area (Å²) >= 11 is 0. The summed E-state index contributed by atoms with van der Waals surface area (Å²) in [6.07, 6.45) is -3.14. The third-order valence-corrected chi connectivity index (χ3v) is 3.81. The lowest BCUT2D eigenvalue weighted by molar-refractivity contribution is -0.167. The third kappa shape index (κ3) is 3.97. The third-order valence-electron chi connectivity index (χ3n) is 3.81. The monoisotopic (exact) mass is 300 g/mol. The summed E-state index contributed by atoms with van der Waals surface area (Å²) < 4.78 is 36.8. The molecule has 2 N–H and O–H groups in total. The van der Waals surface area contributed by atoms with Crippen LogP contribution in [0.2, 0.25) is 0 Å². The van der Waals surface area contributed by atoms with Gasteiger partial charge in [-0.15, -0.1) is 0 Å².